The second-order valence-electron chi connectivity index (χ2n) is 7.21. The van der Waals surface area contributed by atoms with Crippen molar-refractivity contribution in [1.82, 2.24) is 9.80 Å². The van der Waals surface area contributed by atoms with Gasteiger partial charge in [0.2, 0.25) is 0 Å². The lowest BCUT2D eigenvalue weighted by Crippen LogP contribution is -2.43. The van der Waals surface area contributed by atoms with Crippen molar-refractivity contribution in [2.75, 3.05) is 28.2 Å². The fourth-order valence-electron chi connectivity index (χ4n) is 3.16. The number of rotatable bonds is 7. The Bertz CT molecular complexity index is 975. The summed E-state index contributed by atoms with van der Waals surface area (Å²) in [4.78, 5) is 15.3. The van der Waals surface area contributed by atoms with E-state index >= 15 is 0 Å². The Hall–Kier alpha value is -1.35. The van der Waals surface area contributed by atoms with Crippen LogP contribution >= 0.6 is 58.6 Å². The number of nitro groups is 1. The van der Waals surface area contributed by atoms with Crippen LogP contribution in [-0.2, 0) is 4.74 Å². The van der Waals surface area contributed by atoms with Crippen LogP contribution in [0, 0.1) is 10.1 Å². The Labute approximate surface area is 206 Å². The Morgan fingerprint density at radius 3 is 1.84 bits per heavy atom. The summed E-state index contributed by atoms with van der Waals surface area (Å²) in [5.41, 5.74) is 0.904. The third kappa shape index (κ3) is 6.34. The molecule has 0 aliphatic rings. The summed E-state index contributed by atoms with van der Waals surface area (Å²) in [7, 11) is 6.81. The molecule has 0 spiro atoms. The van der Waals surface area contributed by atoms with E-state index in [0.717, 1.165) is 0 Å². The van der Waals surface area contributed by atoms with Crippen molar-refractivity contribution in [2.24, 2.45) is 0 Å². The van der Waals surface area contributed by atoms with Crippen molar-refractivity contribution < 1.29 is 9.66 Å². The van der Waals surface area contributed by atoms with Gasteiger partial charge in [-0.1, -0.05) is 58.5 Å². The van der Waals surface area contributed by atoms with Gasteiger partial charge >= 0.3 is 0 Å². The van der Waals surface area contributed by atoms with Crippen molar-refractivity contribution in [3.63, 3.8) is 0 Å². The van der Waals surface area contributed by atoms with Crippen molar-refractivity contribution in [2.45, 2.75) is 18.2 Å². The van der Waals surface area contributed by atoms with Gasteiger partial charge in [-0.2, -0.15) is 0 Å². The molecule has 3 unspecified atom stereocenters. The molecular weight excluding hydrogens is 504 g/mol. The normalized spacial score (nSPS) is 14.1. The van der Waals surface area contributed by atoms with Gasteiger partial charge in [-0.3, -0.25) is 15.0 Å². The number of hydrogen-bond donors (Lipinski definition) is 0. The number of ether oxygens (including phenoxy) is 1. The van der Waals surface area contributed by atoms with E-state index in [1.165, 1.54) is 6.07 Å². The zero-order chi connectivity index (χ0) is 23.5. The van der Waals surface area contributed by atoms with Crippen LogP contribution in [0.15, 0.2) is 36.4 Å². The van der Waals surface area contributed by atoms with Crippen molar-refractivity contribution in [1.29, 1.82) is 0 Å². The van der Waals surface area contributed by atoms with E-state index < -0.39 is 23.1 Å². The molecule has 11 heteroatoms. The van der Waals surface area contributed by atoms with Gasteiger partial charge in [0.25, 0.3) is 11.2 Å². The summed E-state index contributed by atoms with van der Waals surface area (Å²) < 4.78 is 5.95. The zero-order valence-electron chi connectivity index (χ0n) is 17.2. The van der Waals surface area contributed by atoms with Crippen LogP contribution in [0.25, 0.3) is 0 Å². The van der Waals surface area contributed by atoms with E-state index in [0.29, 0.717) is 26.2 Å². The minimum absolute atomic E-state index is 0.0718. The van der Waals surface area contributed by atoms with E-state index in [9.17, 15) is 10.1 Å². The van der Waals surface area contributed by atoms with Crippen LogP contribution in [0.5, 0.6) is 0 Å². The largest absolute Gasteiger partial charge is 0.455 e. The molecule has 2 rings (SSSR count). The molecule has 0 aliphatic heterocycles. The molecule has 0 fully saturated rings. The molecule has 0 saturated heterocycles. The third-order valence-corrected chi connectivity index (χ3v) is 6.16. The fourth-order valence-corrected chi connectivity index (χ4v) is 4.30. The standard InChI is InChI=1S/C20H21Cl4N3O3S/c1-25(2)17(13-7-5-11(21)9-15(13)23)18(27(28)29)19(30-20(31)26(3)4)14-8-6-12(22)10-16(14)24/h5-10,17-19H,1-4H3. The highest BCUT2D eigenvalue weighted by atomic mass is 35.5. The van der Waals surface area contributed by atoms with E-state index in [4.69, 9.17) is 63.4 Å². The summed E-state index contributed by atoms with van der Waals surface area (Å²) in [6.45, 7) is 0. The lowest BCUT2D eigenvalue weighted by atomic mass is 9.90. The summed E-state index contributed by atoms with van der Waals surface area (Å²) in [5, 5.41) is 13.9. The van der Waals surface area contributed by atoms with Crippen molar-refractivity contribution in [3.8, 4) is 0 Å². The van der Waals surface area contributed by atoms with Gasteiger partial charge < -0.3 is 9.64 Å². The number of nitrogens with zero attached hydrogens (tertiary/aromatic N) is 3. The van der Waals surface area contributed by atoms with Gasteiger partial charge in [0.15, 0.2) is 6.10 Å². The minimum atomic E-state index is -1.33. The maximum absolute atomic E-state index is 12.4. The number of likely N-dealkylation sites (N-methyl/N-ethyl adjacent to an activating group) is 1. The molecule has 3 atom stereocenters. The summed E-state index contributed by atoms with van der Waals surface area (Å²) in [6.07, 6.45) is -1.13. The first-order chi connectivity index (χ1) is 14.4. The smallest absolute Gasteiger partial charge is 0.272 e. The van der Waals surface area contributed by atoms with E-state index in [1.54, 1.807) is 68.3 Å². The average molecular weight is 525 g/mol. The van der Waals surface area contributed by atoms with Crippen LogP contribution in [0.2, 0.25) is 20.1 Å². The monoisotopic (exact) mass is 523 g/mol. The van der Waals surface area contributed by atoms with Gasteiger partial charge in [-0.25, -0.2) is 0 Å². The predicted octanol–water partition coefficient (Wildman–Crippen LogP) is 6.15. The Morgan fingerprint density at radius 1 is 0.968 bits per heavy atom. The highest BCUT2D eigenvalue weighted by molar-refractivity contribution is 7.80. The molecule has 0 heterocycles. The van der Waals surface area contributed by atoms with Gasteiger partial charge in [-0.15, -0.1) is 0 Å². The minimum Gasteiger partial charge on any atom is -0.455 e. The molecule has 0 saturated carbocycles. The fraction of sp³-hybridized carbons (Fsp3) is 0.350. The summed E-state index contributed by atoms with van der Waals surface area (Å²) in [5.74, 6) is 0. The number of benzene rings is 2. The average Bonchev–Trinajstić information content (AvgIpc) is 2.65. The van der Waals surface area contributed by atoms with Crippen LogP contribution in [0.1, 0.15) is 23.3 Å². The maximum atomic E-state index is 12.4. The predicted molar refractivity (Wildman–Crippen MR) is 130 cm³/mol. The summed E-state index contributed by atoms with van der Waals surface area (Å²) >= 11 is 30.2. The topological polar surface area (TPSA) is 58.8 Å². The molecule has 31 heavy (non-hydrogen) atoms. The first-order valence-corrected chi connectivity index (χ1v) is 10.9. The molecule has 0 aromatic heterocycles. The van der Waals surface area contributed by atoms with Crippen molar-refractivity contribution in [3.05, 3.63) is 77.7 Å². The van der Waals surface area contributed by atoms with Crippen molar-refractivity contribution >= 4 is 63.8 Å². The quantitative estimate of drug-likeness (QED) is 0.246. The third-order valence-electron chi connectivity index (χ3n) is 4.58. The molecule has 0 bridgehead atoms. The zero-order valence-corrected chi connectivity index (χ0v) is 21.0. The van der Waals surface area contributed by atoms with Gasteiger partial charge in [0.1, 0.15) is 6.04 Å². The van der Waals surface area contributed by atoms with E-state index in [1.807, 2.05) is 0 Å². The number of thiocarbonyl (C=S) groups is 1. The number of hydrogen-bond acceptors (Lipinski definition) is 5. The van der Waals surface area contributed by atoms with Gasteiger partial charge in [0, 0.05) is 44.7 Å². The van der Waals surface area contributed by atoms with Gasteiger partial charge in [-0.05, 0) is 56.1 Å². The van der Waals surface area contributed by atoms with Crippen LogP contribution in [-0.4, -0.2) is 54.1 Å². The Balaban J connectivity index is 2.71. The maximum Gasteiger partial charge on any atom is 0.272 e. The molecular formula is C20H21Cl4N3O3S. The second-order valence-corrected chi connectivity index (χ2v) is 9.25. The highest BCUT2D eigenvalue weighted by Crippen LogP contribution is 2.40. The highest BCUT2D eigenvalue weighted by Gasteiger charge is 2.46. The lowest BCUT2D eigenvalue weighted by Gasteiger charge is -2.33. The molecule has 0 radical (unpaired) electrons. The molecule has 2 aromatic carbocycles. The van der Waals surface area contributed by atoms with Crippen LogP contribution < -0.4 is 0 Å². The van der Waals surface area contributed by atoms with Gasteiger partial charge in [0.05, 0.1) is 0 Å². The lowest BCUT2D eigenvalue weighted by molar-refractivity contribution is -0.544. The van der Waals surface area contributed by atoms with Crippen LogP contribution in [0.3, 0.4) is 0 Å². The first-order valence-electron chi connectivity index (χ1n) is 9.01. The first kappa shape index (κ1) is 25.9. The molecule has 2 aromatic rings. The Morgan fingerprint density at radius 2 is 1.45 bits per heavy atom. The SMILES string of the molecule is CN(C)C(=S)OC(c1ccc(Cl)cc1Cl)C(C(c1ccc(Cl)cc1Cl)N(C)C)[N+](=O)[O-]. The van der Waals surface area contributed by atoms with E-state index in [-0.39, 0.29) is 10.2 Å². The van der Waals surface area contributed by atoms with E-state index in [2.05, 4.69) is 0 Å². The Kier molecular flexibility index (Phi) is 9.18. The molecule has 0 N–H and O–H groups in total. The molecule has 0 amide bonds. The molecule has 168 valence electrons. The molecule has 6 nitrogen and oxygen atoms in total. The number of halogens is 4. The second kappa shape index (κ2) is 11.0. The molecule has 0 aliphatic carbocycles. The summed E-state index contributed by atoms with van der Waals surface area (Å²) in [6, 6.07) is 7.41. The van der Waals surface area contributed by atoms with Crippen LogP contribution in [0.4, 0.5) is 0 Å².